The third kappa shape index (κ3) is 1.76. The summed E-state index contributed by atoms with van der Waals surface area (Å²) >= 11 is 1.72. The molecule has 1 N–H and O–H groups in total. The van der Waals surface area contributed by atoms with Crippen molar-refractivity contribution in [1.82, 2.24) is 0 Å². The predicted octanol–water partition coefficient (Wildman–Crippen LogP) is 2.91. The molecule has 1 aliphatic rings. The van der Waals surface area contributed by atoms with E-state index in [1.165, 1.54) is 0 Å². The number of benzene rings is 1. The van der Waals surface area contributed by atoms with Crippen molar-refractivity contribution in [3.63, 3.8) is 0 Å². The van der Waals surface area contributed by atoms with Crippen molar-refractivity contribution >= 4 is 17.7 Å². The third-order valence-corrected chi connectivity index (χ3v) is 3.82. The Labute approximate surface area is 93.7 Å². The summed E-state index contributed by atoms with van der Waals surface area (Å²) in [6, 6.07) is 7.88. The average molecular weight is 222 g/mol. The highest BCUT2D eigenvalue weighted by atomic mass is 32.2. The molecule has 1 saturated carbocycles. The standard InChI is InChI=1S/C12H14O2S/c1-2-15-10-6-4-3-5-9(10)12(7-8-12)11(13)14/h3-6H,2,7-8H2,1H3,(H,13,14). The van der Waals surface area contributed by atoms with Crippen molar-refractivity contribution in [1.29, 1.82) is 0 Å². The van der Waals surface area contributed by atoms with Gasteiger partial charge in [-0.1, -0.05) is 25.1 Å². The normalized spacial score (nSPS) is 17.4. The summed E-state index contributed by atoms with van der Waals surface area (Å²) in [4.78, 5) is 12.4. The van der Waals surface area contributed by atoms with Crippen LogP contribution in [0.1, 0.15) is 25.3 Å². The highest BCUT2D eigenvalue weighted by Gasteiger charge is 2.52. The average Bonchev–Trinajstić information content (AvgIpc) is 3.00. The molecule has 2 nitrogen and oxygen atoms in total. The van der Waals surface area contributed by atoms with Gasteiger partial charge in [-0.2, -0.15) is 0 Å². The molecule has 80 valence electrons. The Morgan fingerprint density at radius 1 is 1.47 bits per heavy atom. The fraction of sp³-hybridized carbons (Fsp3) is 0.417. The van der Waals surface area contributed by atoms with E-state index >= 15 is 0 Å². The van der Waals surface area contributed by atoms with Gasteiger partial charge in [0.25, 0.3) is 0 Å². The summed E-state index contributed by atoms with van der Waals surface area (Å²) in [5, 5.41) is 9.24. The molecule has 3 heteroatoms. The molecule has 1 aliphatic carbocycles. The summed E-state index contributed by atoms with van der Waals surface area (Å²) in [6.45, 7) is 2.09. The number of thioether (sulfide) groups is 1. The Balaban J connectivity index is 2.39. The molecule has 0 saturated heterocycles. The Hall–Kier alpha value is -0.960. The lowest BCUT2D eigenvalue weighted by Crippen LogP contribution is -2.20. The van der Waals surface area contributed by atoms with Crippen molar-refractivity contribution in [2.24, 2.45) is 0 Å². The van der Waals surface area contributed by atoms with Gasteiger partial charge in [0.1, 0.15) is 0 Å². The third-order valence-electron chi connectivity index (χ3n) is 2.86. The van der Waals surface area contributed by atoms with Gasteiger partial charge in [0.15, 0.2) is 0 Å². The quantitative estimate of drug-likeness (QED) is 0.796. The fourth-order valence-electron chi connectivity index (χ4n) is 1.87. The molecule has 0 spiro atoms. The summed E-state index contributed by atoms with van der Waals surface area (Å²) in [6.07, 6.45) is 1.56. The van der Waals surface area contributed by atoms with Gasteiger partial charge >= 0.3 is 5.97 Å². The first-order valence-electron chi connectivity index (χ1n) is 5.16. The first kappa shape index (κ1) is 10.6. The van der Waals surface area contributed by atoms with E-state index in [-0.39, 0.29) is 0 Å². The van der Waals surface area contributed by atoms with Crippen LogP contribution in [0.2, 0.25) is 0 Å². The molecule has 0 aromatic heterocycles. The number of aliphatic carboxylic acids is 1. The maximum absolute atomic E-state index is 11.2. The maximum Gasteiger partial charge on any atom is 0.314 e. The van der Waals surface area contributed by atoms with Crippen LogP contribution < -0.4 is 0 Å². The van der Waals surface area contributed by atoms with E-state index in [2.05, 4.69) is 6.92 Å². The van der Waals surface area contributed by atoms with E-state index in [9.17, 15) is 9.90 Å². The molecule has 0 heterocycles. The number of carboxylic acid groups (broad SMARTS) is 1. The van der Waals surface area contributed by atoms with Crippen LogP contribution in [0, 0.1) is 0 Å². The molecule has 0 aliphatic heterocycles. The predicted molar refractivity (Wildman–Crippen MR) is 61.4 cm³/mol. The van der Waals surface area contributed by atoms with E-state index in [1.807, 2.05) is 24.3 Å². The Bertz CT molecular complexity index is 383. The van der Waals surface area contributed by atoms with Gasteiger partial charge in [0.2, 0.25) is 0 Å². The van der Waals surface area contributed by atoms with Crippen molar-refractivity contribution < 1.29 is 9.90 Å². The largest absolute Gasteiger partial charge is 0.481 e. The van der Waals surface area contributed by atoms with E-state index < -0.39 is 11.4 Å². The van der Waals surface area contributed by atoms with E-state index in [0.717, 1.165) is 29.1 Å². The van der Waals surface area contributed by atoms with Gasteiger partial charge in [-0.3, -0.25) is 4.79 Å². The van der Waals surface area contributed by atoms with Crippen molar-refractivity contribution in [2.75, 3.05) is 5.75 Å². The number of rotatable bonds is 4. The van der Waals surface area contributed by atoms with E-state index in [0.29, 0.717) is 0 Å². The second kappa shape index (κ2) is 3.89. The van der Waals surface area contributed by atoms with Crippen LogP contribution in [0.3, 0.4) is 0 Å². The molecule has 2 rings (SSSR count). The zero-order chi connectivity index (χ0) is 10.9. The zero-order valence-electron chi connectivity index (χ0n) is 8.69. The summed E-state index contributed by atoms with van der Waals surface area (Å²) in [5.41, 5.74) is 0.433. The second-order valence-electron chi connectivity index (χ2n) is 3.82. The number of hydrogen-bond donors (Lipinski definition) is 1. The van der Waals surface area contributed by atoms with Gasteiger partial charge in [-0.15, -0.1) is 11.8 Å². The molecular formula is C12H14O2S. The Morgan fingerprint density at radius 2 is 2.13 bits per heavy atom. The first-order valence-corrected chi connectivity index (χ1v) is 6.15. The maximum atomic E-state index is 11.2. The van der Waals surface area contributed by atoms with Gasteiger partial charge in [0.05, 0.1) is 5.41 Å². The molecule has 1 aromatic rings. The number of carbonyl (C=O) groups is 1. The number of hydrogen-bond acceptors (Lipinski definition) is 2. The molecule has 1 fully saturated rings. The minimum atomic E-state index is -0.674. The fourth-order valence-corrected chi connectivity index (χ4v) is 2.77. The topological polar surface area (TPSA) is 37.3 Å². The van der Waals surface area contributed by atoms with Crippen LogP contribution in [0.4, 0.5) is 0 Å². The minimum absolute atomic E-state index is 0.571. The van der Waals surface area contributed by atoms with Crippen molar-refractivity contribution in [3.8, 4) is 0 Å². The summed E-state index contributed by atoms with van der Waals surface area (Å²) < 4.78 is 0. The highest BCUT2D eigenvalue weighted by Crippen LogP contribution is 2.51. The lowest BCUT2D eigenvalue weighted by atomic mass is 9.96. The second-order valence-corrected chi connectivity index (χ2v) is 5.12. The van der Waals surface area contributed by atoms with Crippen LogP contribution >= 0.6 is 11.8 Å². The molecule has 0 atom stereocenters. The lowest BCUT2D eigenvalue weighted by Gasteiger charge is -2.14. The summed E-state index contributed by atoms with van der Waals surface area (Å²) in [7, 11) is 0. The molecule has 1 aromatic carbocycles. The Morgan fingerprint density at radius 3 is 2.67 bits per heavy atom. The van der Waals surface area contributed by atoms with Gasteiger partial charge < -0.3 is 5.11 Å². The van der Waals surface area contributed by atoms with E-state index in [4.69, 9.17) is 0 Å². The molecule has 0 bridgehead atoms. The SMILES string of the molecule is CCSc1ccccc1C1(C(=O)O)CC1. The van der Waals surface area contributed by atoms with Gasteiger partial charge in [0, 0.05) is 4.90 Å². The van der Waals surface area contributed by atoms with Crippen LogP contribution in [-0.4, -0.2) is 16.8 Å². The van der Waals surface area contributed by atoms with Crippen molar-refractivity contribution in [3.05, 3.63) is 29.8 Å². The highest BCUT2D eigenvalue weighted by molar-refractivity contribution is 7.99. The Kier molecular flexibility index (Phi) is 2.74. The molecular weight excluding hydrogens is 208 g/mol. The molecule has 15 heavy (non-hydrogen) atoms. The lowest BCUT2D eigenvalue weighted by molar-refractivity contribution is -0.140. The zero-order valence-corrected chi connectivity index (χ0v) is 9.51. The van der Waals surface area contributed by atoms with Crippen LogP contribution in [0.5, 0.6) is 0 Å². The van der Waals surface area contributed by atoms with Gasteiger partial charge in [-0.25, -0.2) is 0 Å². The number of carboxylic acids is 1. The first-order chi connectivity index (χ1) is 7.20. The molecule has 0 radical (unpaired) electrons. The van der Waals surface area contributed by atoms with Gasteiger partial charge in [-0.05, 0) is 30.2 Å². The summed E-state index contributed by atoms with van der Waals surface area (Å²) in [5.74, 6) is 0.304. The van der Waals surface area contributed by atoms with Crippen LogP contribution in [0.15, 0.2) is 29.2 Å². The monoisotopic (exact) mass is 222 g/mol. The molecule has 0 amide bonds. The van der Waals surface area contributed by atoms with Crippen LogP contribution in [0.25, 0.3) is 0 Å². The minimum Gasteiger partial charge on any atom is -0.481 e. The van der Waals surface area contributed by atoms with E-state index in [1.54, 1.807) is 11.8 Å². The smallest absolute Gasteiger partial charge is 0.314 e. The van der Waals surface area contributed by atoms with Crippen molar-refractivity contribution in [2.45, 2.75) is 30.1 Å². The molecule has 0 unspecified atom stereocenters. The van der Waals surface area contributed by atoms with Crippen LogP contribution in [-0.2, 0) is 10.2 Å².